The van der Waals surface area contributed by atoms with Gasteiger partial charge in [-0.3, -0.25) is 9.78 Å². The van der Waals surface area contributed by atoms with Crippen molar-refractivity contribution in [2.45, 2.75) is 18.7 Å². The van der Waals surface area contributed by atoms with Crippen molar-refractivity contribution in [3.05, 3.63) is 70.9 Å². The minimum absolute atomic E-state index is 0.201. The Morgan fingerprint density at radius 3 is 2.66 bits per heavy atom. The maximum Gasteiger partial charge on any atom is 0.337 e. The van der Waals surface area contributed by atoms with Crippen LogP contribution in [0.1, 0.15) is 27.2 Å². The lowest BCUT2D eigenvalue weighted by Gasteiger charge is -2.09. The number of rotatable bonds is 6. The molecule has 2 aromatic carbocycles. The van der Waals surface area contributed by atoms with Gasteiger partial charge in [-0.25, -0.2) is 10.2 Å². The van der Waals surface area contributed by atoms with Crippen LogP contribution in [0, 0.1) is 13.8 Å². The molecule has 0 saturated carbocycles. The van der Waals surface area contributed by atoms with E-state index in [1.807, 2.05) is 38.1 Å². The summed E-state index contributed by atoms with van der Waals surface area (Å²) in [4.78, 5) is 29.2. The quantitative estimate of drug-likeness (QED) is 0.290. The van der Waals surface area contributed by atoms with Crippen molar-refractivity contribution in [2.24, 2.45) is 5.10 Å². The molecule has 0 unspecified atom stereocenters. The van der Waals surface area contributed by atoms with Crippen molar-refractivity contribution in [2.75, 3.05) is 12.9 Å². The number of nitrogens with one attached hydrogen (secondary N) is 1. The van der Waals surface area contributed by atoms with Crippen LogP contribution in [-0.4, -0.2) is 35.9 Å². The Kier molecular flexibility index (Phi) is 6.61. The van der Waals surface area contributed by atoms with Gasteiger partial charge in [0.05, 0.1) is 30.2 Å². The Bertz CT molecular complexity index is 1080. The molecule has 3 rings (SSSR count). The number of hydrogen-bond donors (Lipinski definition) is 1. The zero-order valence-corrected chi connectivity index (χ0v) is 17.2. The smallest absolute Gasteiger partial charge is 0.337 e. The van der Waals surface area contributed by atoms with Gasteiger partial charge >= 0.3 is 5.97 Å². The molecule has 1 N–H and O–H groups in total. The second-order valence-electron chi connectivity index (χ2n) is 6.43. The van der Waals surface area contributed by atoms with Gasteiger partial charge in [0.1, 0.15) is 0 Å². The van der Waals surface area contributed by atoms with Crippen LogP contribution < -0.4 is 5.43 Å². The van der Waals surface area contributed by atoms with Crippen molar-refractivity contribution in [1.82, 2.24) is 10.4 Å². The van der Waals surface area contributed by atoms with E-state index in [4.69, 9.17) is 0 Å². The molecule has 7 heteroatoms. The number of aromatic nitrogens is 1. The first-order valence-corrected chi connectivity index (χ1v) is 9.96. The van der Waals surface area contributed by atoms with Gasteiger partial charge in [-0.05, 0) is 43.2 Å². The summed E-state index contributed by atoms with van der Waals surface area (Å²) < 4.78 is 4.66. The molecule has 0 aliphatic rings. The van der Waals surface area contributed by atoms with Gasteiger partial charge < -0.3 is 4.74 Å². The summed E-state index contributed by atoms with van der Waals surface area (Å²) >= 11 is 1.46. The van der Waals surface area contributed by atoms with Gasteiger partial charge in [-0.1, -0.05) is 30.3 Å². The second-order valence-corrected chi connectivity index (χ2v) is 7.45. The average Bonchev–Trinajstić information content (AvgIpc) is 2.72. The number of methoxy groups -OCH3 is 1. The van der Waals surface area contributed by atoms with E-state index in [0.717, 1.165) is 32.6 Å². The highest BCUT2D eigenvalue weighted by Crippen LogP contribution is 2.29. The van der Waals surface area contributed by atoms with Gasteiger partial charge in [0, 0.05) is 16.0 Å². The normalized spacial score (nSPS) is 11.0. The van der Waals surface area contributed by atoms with E-state index >= 15 is 0 Å². The van der Waals surface area contributed by atoms with Crippen LogP contribution in [0.15, 0.2) is 58.5 Å². The molecule has 1 aromatic heterocycles. The number of thioether (sulfide) groups is 1. The molecule has 0 bridgehead atoms. The molecule has 0 atom stereocenters. The second kappa shape index (κ2) is 9.34. The highest BCUT2D eigenvalue weighted by atomic mass is 32.2. The number of esters is 1. The lowest BCUT2D eigenvalue weighted by atomic mass is 10.1. The van der Waals surface area contributed by atoms with E-state index in [9.17, 15) is 9.59 Å². The van der Waals surface area contributed by atoms with E-state index < -0.39 is 5.97 Å². The number of fused-ring (bicyclic) bond motifs is 1. The number of hydrogen-bond acceptors (Lipinski definition) is 6. The third-order valence-electron chi connectivity index (χ3n) is 4.22. The highest BCUT2D eigenvalue weighted by molar-refractivity contribution is 8.00. The molecular formula is C22H21N3O3S. The van der Waals surface area contributed by atoms with Crippen LogP contribution >= 0.6 is 11.8 Å². The first kappa shape index (κ1) is 20.5. The number of aryl methyl sites for hydroxylation is 2. The van der Waals surface area contributed by atoms with Crippen LogP contribution in [0.4, 0.5) is 0 Å². The molecule has 148 valence electrons. The topological polar surface area (TPSA) is 80.6 Å². The van der Waals surface area contributed by atoms with Gasteiger partial charge in [-0.15, -0.1) is 11.8 Å². The molecule has 0 radical (unpaired) electrons. The maximum atomic E-state index is 12.2. The number of hydrazone groups is 1. The van der Waals surface area contributed by atoms with Crippen LogP contribution in [0.3, 0.4) is 0 Å². The number of carbonyl (C=O) groups is 2. The van der Waals surface area contributed by atoms with Crippen LogP contribution in [0.2, 0.25) is 0 Å². The van der Waals surface area contributed by atoms with E-state index in [1.165, 1.54) is 25.1 Å². The average molecular weight is 407 g/mol. The molecule has 0 aliphatic heterocycles. The van der Waals surface area contributed by atoms with Gasteiger partial charge in [0.25, 0.3) is 0 Å². The Balaban J connectivity index is 1.59. The van der Waals surface area contributed by atoms with Crippen molar-refractivity contribution in [3.8, 4) is 0 Å². The number of para-hydroxylation sites is 1. The lowest BCUT2D eigenvalue weighted by Crippen LogP contribution is -2.19. The van der Waals surface area contributed by atoms with E-state index in [2.05, 4.69) is 20.2 Å². The first-order valence-electron chi connectivity index (χ1n) is 8.98. The third-order valence-corrected chi connectivity index (χ3v) is 5.28. The first-order chi connectivity index (χ1) is 14.0. The van der Waals surface area contributed by atoms with Crippen molar-refractivity contribution < 1.29 is 14.3 Å². The third kappa shape index (κ3) is 5.20. The zero-order valence-electron chi connectivity index (χ0n) is 16.4. The molecule has 0 fully saturated rings. The zero-order chi connectivity index (χ0) is 20.8. The van der Waals surface area contributed by atoms with Crippen LogP contribution in [0.25, 0.3) is 10.9 Å². The number of benzene rings is 2. The fraction of sp³-hybridized carbons (Fsp3) is 0.182. The monoisotopic (exact) mass is 407 g/mol. The number of amides is 1. The molecule has 1 amide bonds. The highest BCUT2D eigenvalue weighted by Gasteiger charge is 2.09. The predicted octanol–water partition coefficient (Wildman–Crippen LogP) is 3.88. The Hall–Kier alpha value is -3.19. The van der Waals surface area contributed by atoms with Gasteiger partial charge in [0.15, 0.2) is 0 Å². The summed E-state index contributed by atoms with van der Waals surface area (Å²) in [5.41, 5.74) is 6.74. The van der Waals surface area contributed by atoms with Crippen molar-refractivity contribution in [1.29, 1.82) is 0 Å². The van der Waals surface area contributed by atoms with E-state index in [-0.39, 0.29) is 11.7 Å². The maximum absolute atomic E-state index is 12.2. The summed E-state index contributed by atoms with van der Waals surface area (Å²) in [5.74, 6) is -0.355. The van der Waals surface area contributed by atoms with E-state index in [1.54, 1.807) is 24.3 Å². The number of nitrogens with zero attached hydrogens (tertiary/aromatic N) is 2. The summed E-state index contributed by atoms with van der Waals surface area (Å²) in [5, 5.41) is 5.02. The summed E-state index contributed by atoms with van der Waals surface area (Å²) in [6.45, 7) is 3.98. The fourth-order valence-electron chi connectivity index (χ4n) is 2.78. The molecule has 29 heavy (non-hydrogen) atoms. The molecule has 0 aliphatic carbocycles. The lowest BCUT2D eigenvalue weighted by molar-refractivity contribution is -0.118. The predicted molar refractivity (Wildman–Crippen MR) is 115 cm³/mol. The molecule has 3 aromatic rings. The van der Waals surface area contributed by atoms with Gasteiger partial charge in [0.2, 0.25) is 5.91 Å². The minimum Gasteiger partial charge on any atom is -0.465 e. The van der Waals surface area contributed by atoms with Crippen molar-refractivity contribution >= 4 is 40.8 Å². The molecule has 0 spiro atoms. The Labute approximate surface area is 173 Å². The SMILES string of the molecule is COC(=O)c1ccc(/C=N/NC(=O)CSc2cc(C)nc3c(C)cccc23)cc1. The molecule has 1 heterocycles. The van der Waals surface area contributed by atoms with Crippen molar-refractivity contribution in [3.63, 3.8) is 0 Å². The summed E-state index contributed by atoms with van der Waals surface area (Å²) in [6.07, 6.45) is 1.53. The van der Waals surface area contributed by atoms with Crippen LogP contribution in [0.5, 0.6) is 0 Å². The number of ether oxygens (including phenoxy) is 1. The summed E-state index contributed by atoms with van der Waals surface area (Å²) in [7, 11) is 1.34. The standard InChI is InChI=1S/C22H21N3O3S/c1-14-5-4-6-18-19(11-15(2)24-21(14)18)29-13-20(26)25-23-12-16-7-9-17(10-8-16)22(27)28-3/h4-12H,13H2,1-3H3,(H,25,26)/b23-12+. The largest absolute Gasteiger partial charge is 0.465 e. The molecule has 6 nitrogen and oxygen atoms in total. The summed E-state index contributed by atoms with van der Waals surface area (Å²) in [6, 6.07) is 14.8. The molecular weight excluding hydrogens is 386 g/mol. The number of carbonyl (C=O) groups excluding carboxylic acids is 2. The van der Waals surface area contributed by atoms with E-state index in [0.29, 0.717) is 5.56 Å². The van der Waals surface area contributed by atoms with Crippen LogP contribution in [-0.2, 0) is 9.53 Å². The minimum atomic E-state index is -0.395. The fourth-order valence-corrected chi connectivity index (χ4v) is 3.70. The van der Waals surface area contributed by atoms with Gasteiger partial charge in [-0.2, -0.15) is 5.10 Å². The number of pyridine rings is 1. The Morgan fingerprint density at radius 1 is 1.17 bits per heavy atom. The Morgan fingerprint density at radius 2 is 1.93 bits per heavy atom. The molecule has 0 saturated heterocycles.